The lowest BCUT2D eigenvalue weighted by Gasteiger charge is -2.25. The second-order valence-corrected chi connectivity index (χ2v) is 5.65. The Bertz CT molecular complexity index is 242. The Labute approximate surface area is 104 Å². The predicted molar refractivity (Wildman–Crippen MR) is 68.7 cm³/mol. The van der Waals surface area contributed by atoms with E-state index in [1.807, 2.05) is 25.7 Å². The van der Waals surface area contributed by atoms with Gasteiger partial charge in [-0.25, -0.2) is 0 Å². The number of ether oxygens (including phenoxy) is 1. The van der Waals surface area contributed by atoms with Gasteiger partial charge in [-0.1, -0.05) is 0 Å². The molecule has 1 fully saturated rings. The number of nitrogens with two attached hydrogens (primary N) is 1. The van der Waals surface area contributed by atoms with Crippen LogP contribution in [0.3, 0.4) is 0 Å². The average Bonchev–Trinajstić information content (AvgIpc) is 2.74. The van der Waals surface area contributed by atoms with E-state index in [1.165, 1.54) is 0 Å². The molecule has 4 heteroatoms. The Morgan fingerprint density at radius 3 is 2.71 bits per heavy atom. The zero-order valence-corrected chi connectivity index (χ0v) is 11.4. The van der Waals surface area contributed by atoms with Crippen LogP contribution in [0.1, 0.15) is 40.0 Å². The fourth-order valence-corrected chi connectivity index (χ4v) is 2.03. The van der Waals surface area contributed by atoms with Crippen LogP contribution in [0.5, 0.6) is 0 Å². The summed E-state index contributed by atoms with van der Waals surface area (Å²) in [5, 5.41) is 0. The number of hydrogen-bond acceptors (Lipinski definition) is 3. The van der Waals surface area contributed by atoms with Crippen LogP contribution in [0.4, 0.5) is 0 Å². The van der Waals surface area contributed by atoms with Gasteiger partial charge in [0.2, 0.25) is 5.91 Å². The van der Waals surface area contributed by atoms with Crippen molar-refractivity contribution in [1.82, 2.24) is 4.90 Å². The van der Waals surface area contributed by atoms with Crippen molar-refractivity contribution in [2.45, 2.75) is 45.6 Å². The number of rotatable bonds is 6. The predicted octanol–water partition coefficient (Wildman–Crippen LogP) is 1.39. The van der Waals surface area contributed by atoms with Crippen LogP contribution in [-0.2, 0) is 9.53 Å². The quantitative estimate of drug-likeness (QED) is 0.765. The molecule has 0 aromatic heterocycles. The minimum atomic E-state index is -0.258. The lowest BCUT2D eigenvalue weighted by molar-refractivity contribution is -0.132. The molecule has 1 rings (SSSR count). The monoisotopic (exact) mass is 242 g/mol. The van der Waals surface area contributed by atoms with E-state index < -0.39 is 0 Å². The molecular formula is C13H26N2O2. The smallest absolute Gasteiger partial charge is 0.222 e. The standard InChI is InChI=1S/C13H26N2O2/c1-4-15(9-11-6-8-17-10-11)12(16)5-7-13(2,3)14/h11H,4-10,14H2,1-3H3. The molecule has 1 heterocycles. The van der Waals surface area contributed by atoms with Crippen molar-refractivity contribution in [3.8, 4) is 0 Å². The molecule has 1 aliphatic heterocycles. The maximum atomic E-state index is 12.0. The van der Waals surface area contributed by atoms with Crippen LogP contribution < -0.4 is 5.73 Å². The summed E-state index contributed by atoms with van der Waals surface area (Å²) in [5.41, 5.74) is 5.64. The molecule has 1 amide bonds. The van der Waals surface area contributed by atoms with Gasteiger partial charge in [0.1, 0.15) is 0 Å². The Morgan fingerprint density at radius 2 is 2.24 bits per heavy atom. The summed E-state index contributed by atoms with van der Waals surface area (Å²) in [4.78, 5) is 14.0. The minimum absolute atomic E-state index is 0.220. The van der Waals surface area contributed by atoms with Crippen LogP contribution in [0, 0.1) is 5.92 Å². The molecule has 100 valence electrons. The maximum Gasteiger partial charge on any atom is 0.222 e. The molecule has 1 atom stereocenters. The van der Waals surface area contributed by atoms with Gasteiger partial charge in [-0.05, 0) is 33.6 Å². The highest BCUT2D eigenvalue weighted by atomic mass is 16.5. The number of carbonyl (C=O) groups is 1. The maximum absolute atomic E-state index is 12.0. The van der Waals surface area contributed by atoms with E-state index >= 15 is 0 Å². The van der Waals surface area contributed by atoms with E-state index in [0.717, 1.165) is 39.1 Å². The Balaban J connectivity index is 2.35. The third-order valence-corrected chi connectivity index (χ3v) is 3.22. The summed E-state index contributed by atoms with van der Waals surface area (Å²) < 4.78 is 5.34. The molecule has 0 aliphatic carbocycles. The molecule has 1 saturated heterocycles. The third kappa shape index (κ3) is 5.50. The second-order valence-electron chi connectivity index (χ2n) is 5.65. The summed E-state index contributed by atoms with van der Waals surface area (Å²) in [6, 6.07) is 0. The van der Waals surface area contributed by atoms with Crippen LogP contribution in [-0.4, -0.2) is 42.6 Å². The summed E-state index contributed by atoms with van der Waals surface area (Å²) in [6.45, 7) is 9.20. The van der Waals surface area contributed by atoms with E-state index in [0.29, 0.717) is 12.3 Å². The molecule has 1 unspecified atom stereocenters. The van der Waals surface area contributed by atoms with E-state index in [1.54, 1.807) is 0 Å². The van der Waals surface area contributed by atoms with Gasteiger partial charge in [-0.2, -0.15) is 0 Å². The number of amides is 1. The largest absolute Gasteiger partial charge is 0.381 e. The van der Waals surface area contributed by atoms with E-state index in [2.05, 4.69) is 0 Å². The highest BCUT2D eigenvalue weighted by Gasteiger charge is 2.22. The first-order chi connectivity index (χ1) is 7.92. The minimum Gasteiger partial charge on any atom is -0.381 e. The molecule has 0 saturated carbocycles. The van der Waals surface area contributed by atoms with E-state index in [4.69, 9.17) is 10.5 Å². The van der Waals surface area contributed by atoms with Gasteiger partial charge in [-0.15, -0.1) is 0 Å². The van der Waals surface area contributed by atoms with Crippen molar-refractivity contribution in [1.29, 1.82) is 0 Å². The Hall–Kier alpha value is -0.610. The normalized spacial score (nSPS) is 20.6. The molecule has 0 radical (unpaired) electrons. The van der Waals surface area contributed by atoms with Gasteiger partial charge in [0, 0.05) is 37.6 Å². The molecule has 1 aliphatic rings. The van der Waals surface area contributed by atoms with Crippen molar-refractivity contribution in [3.05, 3.63) is 0 Å². The van der Waals surface area contributed by atoms with Gasteiger partial charge in [0.25, 0.3) is 0 Å². The molecule has 2 N–H and O–H groups in total. The lowest BCUT2D eigenvalue weighted by Crippen LogP contribution is -2.38. The van der Waals surface area contributed by atoms with Gasteiger partial charge < -0.3 is 15.4 Å². The summed E-state index contributed by atoms with van der Waals surface area (Å²) in [7, 11) is 0. The fourth-order valence-electron chi connectivity index (χ4n) is 2.03. The highest BCUT2D eigenvalue weighted by Crippen LogP contribution is 2.15. The molecule has 0 spiro atoms. The fraction of sp³-hybridized carbons (Fsp3) is 0.923. The van der Waals surface area contributed by atoms with Crippen molar-refractivity contribution < 1.29 is 9.53 Å². The van der Waals surface area contributed by atoms with Crippen LogP contribution in [0.2, 0.25) is 0 Å². The molecule has 4 nitrogen and oxygen atoms in total. The first kappa shape index (κ1) is 14.5. The Morgan fingerprint density at radius 1 is 1.53 bits per heavy atom. The number of carbonyl (C=O) groups excluding carboxylic acids is 1. The van der Waals surface area contributed by atoms with Gasteiger partial charge in [-0.3, -0.25) is 4.79 Å². The van der Waals surface area contributed by atoms with Crippen LogP contribution >= 0.6 is 0 Å². The van der Waals surface area contributed by atoms with Crippen LogP contribution in [0.15, 0.2) is 0 Å². The molecule has 17 heavy (non-hydrogen) atoms. The van der Waals surface area contributed by atoms with Crippen molar-refractivity contribution in [2.75, 3.05) is 26.3 Å². The SMILES string of the molecule is CCN(CC1CCOC1)C(=O)CCC(C)(C)N. The van der Waals surface area contributed by atoms with E-state index in [-0.39, 0.29) is 11.4 Å². The van der Waals surface area contributed by atoms with Gasteiger partial charge >= 0.3 is 0 Å². The molecule has 0 aromatic carbocycles. The van der Waals surface area contributed by atoms with E-state index in [9.17, 15) is 4.79 Å². The highest BCUT2D eigenvalue weighted by molar-refractivity contribution is 5.76. The lowest BCUT2D eigenvalue weighted by atomic mass is 9.99. The Kier molecular flexibility index (Phi) is 5.40. The second kappa shape index (κ2) is 6.36. The van der Waals surface area contributed by atoms with Crippen molar-refractivity contribution >= 4 is 5.91 Å². The summed E-state index contributed by atoms with van der Waals surface area (Å²) in [6.07, 6.45) is 2.36. The third-order valence-electron chi connectivity index (χ3n) is 3.22. The topological polar surface area (TPSA) is 55.6 Å². The zero-order valence-electron chi connectivity index (χ0n) is 11.4. The summed E-state index contributed by atoms with van der Waals surface area (Å²) >= 11 is 0. The van der Waals surface area contributed by atoms with Gasteiger partial charge in [0.05, 0.1) is 6.61 Å². The molecule has 0 aromatic rings. The van der Waals surface area contributed by atoms with Gasteiger partial charge in [0.15, 0.2) is 0 Å². The first-order valence-corrected chi connectivity index (χ1v) is 6.57. The molecule has 0 bridgehead atoms. The number of hydrogen-bond donors (Lipinski definition) is 1. The average molecular weight is 242 g/mol. The van der Waals surface area contributed by atoms with Crippen molar-refractivity contribution in [3.63, 3.8) is 0 Å². The molecular weight excluding hydrogens is 216 g/mol. The zero-order chi connectivity index (χ0) is 12.9. The van der Waals surface area contributed by atoms with Crippen LogP contribution in [0.25, 0.3) is 0 Å². The first-order valence-electron chi connectivity index (χ1n) is 6.57. The number of nitrogens with zero attached hydrogens (tertiary/aromatic N) is 1. The summed E-state index contributed by atoms with van der Waals surface area (Å²) in [5.74, 6) is 0.739. The van der Waals surface area contributed by atoms with Crippen molar-refractivity contribution in [2.24, 2.45) is 11.7 Å².